The summed E-state index contributed by atoms with van der Waals surface area (Å²) in [6, 6.07) is 8.56. The standard InChI is InChI=1S/C22H36N4O3S/c1-19-16-20(2)18-24(17-19)14-15-26(30(28,29)21-6-4-3-5-7-21)11-8-22(27)25-12-9-23-10-13-25/h3-7,19-20,23H,8-18H2,1-2H3/t19-,20+. The summed E-state index contributed by atoms with van der Waals surface area (Å²) < 4.78 is 28.1. The second-order valence-electron chi connectivity index (χ2n) is 8.80. The molecule has 168 valence electrons. The molecule has 3 rings (SSSR count). The molecule has 0 spiro atoms. The van der Waals surface area contributed by atoms with Crippen molar-refractivity contribution in [3.8, 4) is 0 Å². The lowest BCUT2D eigenvalue weighted by Gasteiger charge is -2.36. The van der Waals surface area contributed by atoms with Crippen LogP contribution >= 0.6 is 0 Å². The third-order valence-corrected chi connectivity index (χ3v) is 7.95. The van der Waals surface area contributed by atoms with Crippen molar-refractivity contribution in [3.05, 3.63) is 30.3 Å². The second-order valence-corrected chi connectivity index (χ2v) is 10.7. The van der Waals surface area contributed by atoms with Crippen LogP contribution < -0.4 is 5.32 Å². The highest BCUT2D eigenvalue weighted by molar-refractivity contribution is 7.89. The van der Waals surface area contributed by atoms with Crippen LogP contribution in [0.4, 0.5) is 0 Å². The van der Waals surface area contributed by atoms with Crippen LogP contribution in [0.2, 0.25) is 0 Å². The lowest BCUT2D eigenvalue weighted by atomic mass is 9.92. The van der Waals surface area contributed by atoms with E-state index in [1.54, 1.807) is 24.3 Å². The minimum atomic E-state index is -3.63. The SMILES string of the molecule is C[C@@H]1C[C@H](C)CN(CCN(CCC(=O)N2CCNCC2)S(=O)(=O)c2ccccc2)C1. The van der Waals surface area contributed by atoms with Crippen molar-refractivity contribution in [1.29, 1.82) is 0 Å². The van der Waals surface area contributed by atoms with Crippen LogP contribution in [0.5, 0.6) is 0 Å². The molecule has 0 saturated carbocycles. The molecule has 2 heterocycles. The number of piperazine rings is 1. The third-order valence-electron chi connectivity index (χ3n) is 6.04. The van der Waals surface area contributed by atoms with Crippen LogP contribution in [0.1, 0.15) is 26.7 Å². The van der Waals surface area contributed by atoms with Crippen molar-refractivity contribution in [2.24, 2.45) is 11.8 Å². The molecule has 0 aliphatic carbocycles. The van der Waals surface area contributed by atoms with Crippen molar-refractivity contribution in [1.82, 2.24) is 19.4 Å². The first-order valence-corrected chi connectivity index (χ1v) is 12.6. The molecule has 0 bridgehead atoms. The Kier molecular flexibility index (Phi) is 8.27. The van der Waals surface area contributed by atoms with E-state index in [1.807, 2.05) is 11.0 Å². The second kappa shape index (κ2) is 10.7. The predicted octanol–water partition coefficient (Wildman–Crippen LogP) is 1.48. The van der Waals surface area contributed by atoms with Gasteiger partial charge in [0.25, 0.3) is 0 Å². The van der Waals surface area contributed by atoms with Crippen LogP contribution in [0.15, 0.2) is 35.2 Å². The van der Waals surface area contributed by atoms with E-state index < -0.39 is 10.0 Å². The molecular weight excluding hydrogens is 400 g/mol. The van der Waals surface area contributed by atoms with Crippen LogP contribution in [-0.4, -0.2) is 87.3 Å². The number of rotatable bonds is 8. The average molecular weight is 437 g/mol. The summed E-state index contributed by atoms with van der Waals surface area (Å²) in [5, 5.41) is 3.24. The number of likely N-dealkylation sites (tertiary alicyclic amines) is 1. The molecule has 1 N–H and O–H groups in total. The fourth-order valence-corrected chi connectivity index (χ4v) is 6.07. The normalized spacial score (nSPS) is 23.6. The van der Waals surface area contributed by atoms with E-state index in [2.05, 4.69) is 24.1 Å². The Labute approximate surface area is 181 Å². The fourth-order valence-electron chi connectivity index (χ4n) is 4.61. The molecule has 8 heteroatoms. The number of nitrogens with one attached hydrogen (secondary N) is 1. The number of sulfonamides is 1. The molecule has 2 atom stereocenters. The van der Waals surface area contributed by atoms with Gasteiger partial charge >= 0.3 is 0 Å². The van der Waals surface area contributed by atoms with Crippen LogP contribution in [0.3, 0.4) is 0 Å². The third kappa shape index (κ3) is 6.26. The van der Waals surface area contributed by atoms with Gasteiger partial charge in [0.05, 0.1) is 4.90 Å². The Bertz CT molecular complexity index is 771. The van der Waals surface area contributed by atoms with Gasteiger partial charge in [0.15, 0.2) is 0 Å². The molecule has 2 aliphatic rings. The largest absolute Gasteiger partial charge is 0.340 e. The van der Waals surface area contributed by atoms with E-state index in [9.17, 15) is 13.2 Å². The number of amides is 1. The molecule has 0 unspecified atom stereocenters. The highest BCUT2D eigenvalue weighted by Crippen LogP contribution is 2.21. The molecule has 2 saturated heterocycles. The number of hydrogen-bond donors (Lipinski definition) is 1. The maximum absolute atomic E-state index is 13.3. The zero-order valence-corrected chi connectivity index (χ0v) is 19.1. The summed E-state index contributed by atoms with van der Waals surface area (Å²) in [5.41, 5.74) is 0. The average Bonchev–Trinajstić information content (AvgIpc) is 2.74. The summed E-state index contributed by atoms with van der Waals surface area (Å²) in [4.78, 5) is 17.1. The minimum Gasteiger partial charge on any atom is -0.340 e. The number of piperidine rings is 1. The Hall–Kier alpha value is -1.48. The minimum absolute atomic E-state index is 0.0324. The Morgan fingerprint density at radius 2 is 1.70 bits per heavy atom. The van der Waals surface area contributed by atoms with E-state index in [1.165, 1.54) is 10.7 Å². The fraction of sp³-hybridized carbons (Fsp3) is 0.682. The maximum Gasteiger partial charge on any atom is 0.243 e. The quantitative estimate of drug-likeness (QED) is 0.668. The molecular formula is C22H36N4O3S. The van der Waals surface area contributed by atoms with Crippen molar-refractivity contribution < 1.29 is 13.2 Å². The van der Waals surface area contributed by atoms with Crippen molar-refractivity contribution in [2.45, 2.75) is 31.6 Å². The van der Waals surface area contributed by atoms with E-state index in [4.69, 9.17) is 0 Å². The van der Waals surface area contributed by atoms with Gasteiger partial charge in [-0.25, -0.2) is 8.42 Å². The first-order valence-electron chi connectivity index (χ1n) is 11.1. The van der Waals surface area contributed by atoms with E-state index in [-0.39, 0.29) is 18.9 Å². The van der Waals surface area contributed by atoms with E-state index in [0.717, 1.165) is 26.2 Å². The number of nitrogens with zero attached hydrogens (tertiary/aromatic N) is 3. The van der Waals surface area contributed by atoms with Gasteiger partial charge in [-0.1, -0.05) is 32.0 Å². The molecule has 1 amide bonds. The molecule has 2 fully saturated rings. The van der Waals surface area contributed by atoms with Crippen molar-refractivity contribution in [3.63, 3.8) is 0 Å². The monoisotopic (exact) mass is 436 g/mol. The zero-order valence-electron chi connectivity index (χ0n) is 18.3. The first-order chi connectivity index (χ1) is 14.4. The smallest absolute Gasteiger partial charge is 0.243 e. The summed E-state index contributed by atoms with van der Waals surface area (Å²) >= 11 is 0. The summed E-state index contributed by atoms with van der Waals surface area (Å²) in [5.74, 6) is 1.29. The molecule has 2 aliphatic heterocycles. The van der Waals surface area contributed by atoms with Gasteiger partial charge in [-0.3, -0.25) is 4.79 Å². The van der Waals surface area contributed by atoms with Gasteiger partial charge in [-0.05, 0) is 30.4 Å². The van der Waals surface area contributed by atoms with Gasteiger partial charge < -0.3 is 15.1 Å². The van der Waals surface area contributed by atoms with Crippen LogP contribution in [-0.2, 0) is 14.8 Å². The molecule has 30 heavy (non-hydrogen) atoms. The number of hydrogen-bond acceptors (Lipinski definition) is 5. The molecule has 0 aromatic heterocycles. The molecule has 7 nitrogen and oxygen atoms in total. The van der Waals surface area contributed by atoms with Gasteiger partial charge in [0.2, 0.25) is 15.9 Å². The number of carbonyl (C=O) groups excluding carboxylic acids is 1. The highest BCUT2D eigenvalue weighted by Gasteiger charge is 2.28. The van der Waals surface area contributed by atoms with Crippen LogP contribution in [0.25, 0.3) is 0 Å². The van der Waals surface area contributed by atoms with E-state index >= 15 is 0 Å². The van der Waals surface area contributed by atoms with Crippen molar-refractivity contribution in [2.75, 3.05) is 58.9 Å². The topological polar surface area (TPSA) is 73.0 Å². The van der Waals surface area contributed by atoms with Gasteiger partial charge in [-0.15, -0.1) is 0 Å². The van der Waals surface area contributed by atoms with Gasteiger partial charge in [0, 0.05) is 65.3 Å². The van der Waals surface area contributed by atoms with Crippen LogP contribution in [0, 0.1) is 11.8 Å². The maximum atomic E-state index is 13.3. The Morgan fingerprint density at radius 3 is 2.33 bits per heavy atom. The number of benzene rings is 1. The van der Waals surface area contributed by atoms with Crippen molar-refractivity contribution >= 4 is 15.9 Å². The highest BCUT2D eigenvalue weighted by atomic mass is 32.2. The predicted molar refractivity (Wildman–Crippen MR) is 119 cm³/mol. The Morgan fingerprint density at radius 1 is 1.07 bits per heavy atom. The molecule has 0 radical (unpaired) electrons. The summed E-state index contributed by atoms with van der Waals surface area (Å²) in [7, 11) is -3.63. The molecule has 1 aromatic carbocycles. The van der Waals surface area contributed by atoms with Gasteiger partial charge in [0.1, 0.15) is 0 Å². The van der Waals surface area contributed by atoms with E-state index in [0.29, 0.717) is 42.9 Å². The van der Waals surface area contributed by atoms with Gasteiger partial charge in [-0.2, -0.15) is 4.31 Å². The lowest BCUT2D eigenvalue weighted by Crippen LogP contribution is -2.48. The molecule has 1 aromatic rings. The Balaban J connectivity index is 1.67. The summed E-state index contributed by atoms with van der Waals surface area (Å²) in [6.07, 6.45) is 1.45. The lowest BCUT2D eigenvalue weighted by molar-refractivity contribution is -0.131. The number of carbonyl (C=O) groups is 1. The first kappa shape index (κ1) is 23.2. The summed E-state index contributed by atoms with van der Waals surface area (Å²) in [6.45, 7) is 10.8. The zero-order chi connectivity index (χ0) is 21.6.